The molecule has 0 aromatic heterocycles. The van der Waals surface area contributed by atoms with E-state index in [0.717, 1.165) is 0 Å². The summed E-state index contributed by atoms with van der Waals surface area (Å²) in [5, 5.41) is 0.558. The number of rotatable bonds is 3. The molecule has 2 N–H and O–H groups in total. The van der Waals surface area contributed by atoms with E-state index < -0.39 is 11.5 Å². The fourth-order valence-corrected chi connectivity index (χ4v) is 1.06. The van der Waals surface area contributed by atoms with E-state index in [-0.39, 0.29) is 0 Å². The van der Waals surface area contributed by atoms with Gasteiger partial charge in [-0.05, 0) is 32.0 Å². The Bertz CT molecular complexity index is 350. The van der Waals surface area contributed by atoms with Gasteiger partial charge in [0.25, 0.3) is 5.91 Å². The molecule has 0 radical (unpaired) electrons. The summed E-state index contributed by atoms with van der Waals surface area (Å²) in [6, 6.07) is 6.82. The van der Waals surface area contributed by atoms with Gasteiger partial charge in [-0.15, -0.1) is 0 Å². The molecule has 0 heterocycles. The monoisotopic (exact) mass is 213 g/mol. The third-order valence-electron chi connectivity index (χ3n) is 1.76. The number of primary amides is 1. The first-order valence-corrected chi connectivity index (χ1v) is 4.54. The Labute approximate surface area is 87.8 Å². The summed E-state index contributed by atoms with van der Waals surface area (Å²) < 4.78 is 5.39. The van der Waals surface area contributed by atoms with Gasteiger partial charge in [-0.1, -0.05) is 17.7 Å². The average molecular weight is 214 g/mol. The van der Waals surface area contributed by atoms with Crippen LogP contribution in [0.2, 0.25) is 5.02 Å². The van der Waals surface area contributed by atoms with Gasteiger partial charge in [-0.2, -0.15) is 0 Å². The number of benzene rings is 1. The Morgan fingerprint density at radius 3 is 2.64 bits per heavy atom. The van der Waals surface area contributed by atoms with Crippen molar-refractivity contribution in [3.8, 4) is 5.75 Å². The fourth-order valence-electron chi connectivity index (χ4n) is 0.875. The van der Waals surface area contributed by atoms with Crippen LogP contribution < -0.4 is 10.5 Å². The lowest BCUT2D eigenvalue weighted by molar-refractivity contribution is -0.130. The van der Waals surface area contributed by atoms with Gasteiger partial charge in [0.2, 0.25) is 0 Å². The molecule has 1 rings (SSSR count). The summed E-state index contributed by atoms with van der Waals surface area (Å²) in [7, 11) is 0. The van der Waals surface area contributed by atoms with Gasteiger partial charge in [-0.25, -0.2) is 0 Å². The molecule has 1 aromatic rings. The van der Waals surface area contributed by atoms with Crippen molar-refractivity contribution in [3.05, 3.63) is 29.3 Å². The minimum Gasteiger partial charge on any atom is -0.478 e. The van der Waals surface area contributed by atoms with Crippen LogP contribution in [0.4, 0.5) is 0 Å². The molecule has 0 saturated carbocycles. The Morgan fingerprint density at radius 2 is 2.14 bits per heavy atom. The zero-order valence-corrected chi connectivity index (χ0v) is 8.84. The molecule has 0 aliphatic rings. The van der Waals surface area contributed by atoms with Crippen LogP contribution >= 0.6 is 11.6 Å². The molecule has 0 spiro atoms. The van der Waals surface area contributed by atoms with Gasteiger partial charge in [0.05, 0.1) is 0 Å². The largest absolute Gasteiger partial charge is 0.478 e. The summed E-state index contributed by atoms with van der Waals surface area (Å²) in [6.45, 7) is 3.21. The quantitative estimate of drug-likeness (QED) is 0.835. The summed E-state index contributed by atoms with van der Waals surface area (Å²) >= 11 is 5.76. The molecular weight excluding hydrogens is 202 g/mol. The van der Waals surface area contributed by atoms with E-state index in [9.17, 15) is 4.79 Å². The van der Waals surface area contributed by atoms with Crippen molar-refractivity contribution in [3.63, 3.8) is 0 Å². The Morgan fingerprint density at radius 1 is 1.50 bits per heavy atom. The maximum atomic E-state index is 11.0. The van der Waals surface area contributed by atoms with Crippen LogP contribution in [0.5, 0.6) is 5.75 Å². The van der Waals surface area contributed by atoms with E-state index in [1.54, 1.807) is 38.1 Å². The van der Waals surface area contributed by atoms with Crippen LogP contribution in [0.1, 0.15) is 13.8 Å². The van der Waals surface area contributed by atoms with Crippen molar-refractivity contribution in [1.29, 1.82) is 0 Å². The van der Waals surface area contributed by atoms with E-state index in [2.05, 4.69) is 0 Å². The van der Waals surface area contributed by atoms with Gasteiger partial charge < -0.3 is 10.5 Å². The van der Waals surface area contributed by atoms with Crippen molar-refractivity contribution >= 4 is 17.5 Å². The summed E-state index contributed by atoms with van der Waals surface area (Å²) in [6.07, 6.45) is 0. The fraction of sp³-hybridized carbons (Fsp3) is 0.300. The Kier molecular flexibility index (Phi) is 3.01. The van der Waals surface area contributed by atoms with Crippen molar-refractivity contribution < 1.29 is 9.53 Å². The van der Waals surface area contributed by atoms with Crippen LogP contribution in [0.25, 0.3) is 0 Å². The summed E-state index contributed by atoms with van der Waals surface area (Å²) in [5.41, 5.74) is 4.14. The first kappa shape index (κ1) is 10.9. The number of carbonyl (C=O) groups is 1. The minimum atomic E-state index is -1.02. The second-order valence-electron chi connectivity index (χ2n) is 3.43. The maximum absolute atomic E-state index is 11.0. The van der Waals surface area contributed by atoms with Crippen LogP contribution in [0, 0.1) is 0 Å². The average Bonchev–Trinajstić information content (AvgIpc) is 2.02. The summed E-state index contributed by atoms with van der Waals surface area (Å²) in [4.78, 5) is 11.0. The molecular formula is C10H12ClNO2. The molecule has 76 valence electrons. The zero-order chi connectivity index (χ0) is 10.8. The molecule has 0 bridgehead atoms. The molecule has 1 aromatic carbocycles. The number of amides is 1. The number of nitrogens with two attached hydrogens (primary N) is 1. The molecule has 4 heteroatoms. The normalized spacial score (nSPS) is 11.1. The van der Waals surface area contributed by atoms with Crippen molar-refractivity contribution in [2.24, 2.45) is 5.73 Å². The third-order valence-corrected chi connectivity index (χ3v) is 2.00. The Hall–Kier alpha value is -1.22. The predicted octanol–water partition coefficient (Wildman–Crippen LogP) is 1.98. The van der Waals surface area contributed by atoms with E-state index in [1.165, 1.54) is 0 Å². The van der Waals surface area contributed by atoms with Crippen molar-refractivity contribution in [2.75, 3.05) is 0 Å². The third kappa shape index (κ3) is 2.64. The highest BCUT2D eigenvalue weighted by atomic mass is 35.5. The number of ether oxygens (including phenoxy) is 1. The highest BCUT2D eigenvalue weighted by molar-refractivity contribution is 6.30. The number of hydrogen-bond donors (Lipinski definition) is 1. The van der Waals surface area contributed by atoms with Crippen molar-refractivity contribution in [2.45, 2.75) is 19.4 Å². The molecule has 0 fully saturated rings. The molecule has 0 saturated heterocycles. The highest BCUT2D eigenvalue weighted by Gasteiger charge is 2.26. The van der Waals surface area contributed by atoms with Crippen LogP contribution in [-0.2, 0) is 4.79 Å². The van der Waals surface area contributed by atoms with E-state index >= 15 is 0 Å². The number of hydrogen-bond acceptors (Lipinski definition) is 2. The van der Waals surface area contributed by atoms with Gasteiger partial charge in [0, 0.05) is 5.02 Å². The lowest BCUT2D eigenvalue weighted by Gasteiger charge is -2.22. The van der Waals surface area contributed by atoms with Gasteiger partial charge in [-0.3, -0.25) is 4.79 Å². The van der Waals surface area contributed by atoms with Gasteiger partial charge in [0.1, 0.15) is 5.75 Å². The smallest absolute Gasteiger partial charge is 0.261 e. The molecule has 0 atom stereocenters. The van der Waals surface area contributed by atoms with Gasteiger partial charge in [0.15, 0.2) is 5.60 Å². The van der Waals surface area contributed by atoms with Crippen LogP contribution in [0.3, 0.4) is 0 Å². The number of halogens is 1. The molecule has 3 nitrogen and oxygen atoms in total. The predicted molar refractivity (Wildman–Crippen MR) is 55.4 cm³/mol. The maximum Gasteiger partial charge on any atom is 0.261 e. The molecule has 1 amide bonds. The van der Waals surface area contributed by atoms with E-state index in [0.29, 0.717) is 10.8 Å². The Balaban J connectivity index is 2.83. The first-order valence-electron chi connectivity index (χ1n) is 4.16. The SMILES string of the molecule is CC(C)(Oc1cccc(Cl)c1)C(N)=O. The minimum absolute atomic E-state index is 0.516. The zero-order valence-electron chi connectivity index (χ0n) is 8.08. The number of carbonyl (C=O) groups excluding carboxylic acids is 1. The van der Waals surface area contributed by atoms with E-state index in [1.807, 2.05) is 0 Å². The molecule has 0 unspecified atom stereocenters. The van der Waals surface area contributed by atoms with Gasteiger partial charge >= 0.3 is 0 Å². The van der Waals surface area contributed by atoms with Crippen molar-refractivity contribution in [1.82, 2.24) is 0 Å². The lowest BCUT2D eigenvalue weighted by Crippen LogP contribution is -2.43. The van der Waals surface area contributed by atoms with Crippen LogP contribution in [-0.4, -0.2) is 11.5 Å². The first-order chi connectivity index (χ1) is 6.42. The second kappa shape index (κ2) is 3.88. The highest BCUT2D eigenvalue weighted by Crippen LogP contribution is 2.21. The lowest BCUT2D eigenvalue weighted by atomic mass is 10.1. The molecule has 0 aliphatic carbocycles. The van der Waals surface area contributed by atoms with Crippen LogP contribution in [0.15, 0.2) is 24.3 Å². The summed E-state index contributed by atoms with van der Waals surface area (Å²) in [5.74, 6) is 0.0128. The topological polar surface area (TPSA) is 52.3 Å². The molecule has 0 aliphatic heterocycles. The molecule has 14 heavy (non-hydrogen) atoms. The second-order valence-corrected chi connectivity index (χ2v) is 3.87. The van der Waals surface area contributed by atoms with E-state index in [4.69, 9.17) is 22.1 Å². The standard InChI is InChI=1S/C10H12ClNO2/c1-10(2,9(12)13)14-8-5-3-4-7(11)6-8/h3-6H,1-2H3,(H2,12,13).